The number of alkyl halides is 6. The predicted molar refractivity (Wildman–Crippen MR) is 113 cm³/mol. The largest absolute Gasteiger partial charge is 0.416 e. The van der Waals surface area contributed by atoms with E-state index >= 15 is 0 Å². The first-order chi connectivity index (χ1) is 16.4. The summed E-state index contributed by atoms with van der Waals surface area (Å²) in [5, 5.41) is 2.54. The Balaban J connectivity index is 1.92. The van der Waals surface area contributed by atoms with E-state index in [9.17, 15) is 35.9 Å². The van der Waals surface area contributed by atoms with E-state index in [1.165, 1.54) is 37.5 Å². The molecule has 182 valence electrons. The summed E-state index contributed by atoms with van der Waals surface area (Å²) < 4.78 is 81.1. The van der Waals surface area contributed by atoms with Gasteiger partial charge in [-0.3, -0.25) is 9.59 Å². The molecule has 35 heavy (non-hydrogen) atoms. The smallest absolute Gasteiger partial charge is 0.334 e. The Kier molecular flexibility index (Phi) is 6.04. The van der Waals surface area contributed by atoms with E-state index in [1.807, 2.05) is 0 Å². The number of likely N-dealkylation sites (N-methyl/N-ethyl adjacent to an activating group) is 1. The highest BCUT2D eigenvalue weighted by molar-refractivity contribution is 6.04. The van der Waals surface area contributed by atoms with Gasteiger partial charge in [0, 0.05) is 18.8 Å². The molecular weight excluding hydrogens is 476 g/mol. The third-order valence-electron chi connectivity index (χ3n) is 5.73. The predicted octanol–water partition coefficient (Wildman–Crippen LogP) is 5.67. The van der Waals surface area contributed by atoms with Gasteiger partial charge in [-0.05, 0) is 47.5 Å². The van der Waals surface area contributed by atoms with Gasteiger partial charge in [0.25, 0.3) is 5.91 Å². The second-order valence-corrected chi connectivity index (χ2v) is 7.97. The van der Waals surface area contributed by atoms with Gasteiger partial charge in [-0.1, -0.05) is 24.3 Å². The number of anilines is 1. The van der Waals surface area contributed by atoms with Gasteiger partial charge in [0.05, 0.1) is 23.1 Å². The highest BCUT2D eigenvalue weighted by Gasteiger charge is 2.45. The molecule has 11 heteroatoms. The van der Waals surface area contributed by atoms with Gasteiger partial charge in [-0.15, -0.1) is 0 Å². The summed E-state index contributed by atoms with van der Waals surface area (Å²) >= 11 is 0. The van der Waals surface area contributed by atoms with E-state index in [2.05, 4.69) is 10.3 Å². The van der Waals surface area contributed by atoms with E-state index in [0.29, 0.717) is 12.1 Å². The van der Waals surface area contributed by atoms with Crippen molar-refractivity contribution >= 4 is 17.6 Å². The molecule has 0 saturated heterocycles. The summed E-state index contributed by atoms with van der Waals surface area (Å²) in [5.41, 5.74) is -3.24. The lowest BCUT2D eigenvalue weighted by molar-refractivity contribution is -0.143. The molecule has 3 aromatic rings. The first-order valence-corrected chi connectivity index (χ1v) is 10.3. The van der Waals surface area contributed by atoms with Crippen molar-refractivity contribution in [2.45, 2.75) is 24.3 Å². The molecule has 1 aliphatic heterocycles. The molecular formula is C24H17F6N3O2. The number of benzene rings is 2. The monoisotopic (exact) mass is 493 g/mol. The Morgan fingerprint density at radius 2 is 1.51 bits per heavy atom. The number of hydrogen-bond donors (Lipinski definition) is 1. The minimum Gasteiger partial charge on any atom is -0.334 e. The van der Waals surface area contributed by atoms with Gasteiger partial charge >= 0.3 is 12.4 Å². The zero-order chi connectivity index (χ0) is 25.5. The van der Waals surface area contributed by atoms with Crippen LogP contribution in [0.4, 0.5) is 32.2 Å². The molecule has 1 aliphatic rings. The second-order valence-electron chi connectivity index (χ2n) is 7.97. The molecule has 2 atom stereocenters. The summed E-state index contributed by atoms with van der Waals surface area (Å²) in [6.07, 6.45) is -8.77. The maximum atomic E-state index is 13.5. The summed E-state index contributed by atoms with van der Waals surface area (Å²) in [6, 6.07) is 10.3. The molecule has 1 N–H and O–H groups in total. The van der Waals surface area contributed by atoms with Crippen molar-refractivity contribution in [2.75, 3.05) is 12.4 Å². The maximum absolute atomic E-state index is 13.5. The van der Waals surface area contributed by atoms with Gasteiger partial charge in [0.15, 0.2) is 0 Å². The quantitative estimate of drug-likeness (QED) is 0.479. The number of carbonyl (C=O) groups is 2. The lowest BCUT2D eigenvalue weighted by Gasteiger charge is -2.40. The van der Waals surface area contributed by atoms with Crippen LogP contribution in [0.2, 0.25) is 0 Å². The highest BCUT2D eigenvalue weighted by Crippen LogP contribution is 2.45. The van der Waals surface area contributed by atoms with E-state index < -0.39 is 52.8 Å². The zero-order valence-corrected chi connectivity index (χ0v) is 18.0. The van der Waals surface area contributed by atoms with Gasteiger partial charge in [0.1, 0.15) is 5.82 Å². The van der Waals surface area contributed by atoms with Crippen molar-refractivity contribution in [3.63, 3.8) is 0 Å². The molecule has 1 aromatic heterocycles. The van der Waals surface area contributed by atoms with Crippen molar-refractivity contribution in [3.05, 3.63) is 94.7 Å². The number of aromatic nitrogens is 1. The van der Waals surface area contributed by atoms with Gasteiger partial charge < -0.3 is 10.2 Å². The fourth-order valence-corrected chi connectivity index (χ4v) is 4.16. The Bertz CT molecular complexity index is 1240. The first kappa shape index (κ1) is 24.2. The molecule has 0 spiro atoms. The minimum atomic E-state index is -5.09. The third-order valence-corrected chi connectivity index (χ3v) is 5.73. The van der Waals surface area contributed by atoms with Crippen molar-refractivity contribution in [3.8, 4) is 0 Å². The number of nitrogens with zero attached hydrogens (tertiary/aromatic N) is 2. The van der Waals surface area contributed by atoms with E-state index in [0.717, 1.165) is 4.90 Å². The molecule has 0 saturated carbocycles. The van der Waals surface area contributed by atoms with Gasteiger partial charge in [0.2, 0.25) is 5.91 Å². The van der Waals surface area contributed by atoms with Crippen LogP contribution in [0.15, 0.2) is 66.9 Å². The summed E-state index contributed by atoms with van der Waals surface area (Å²) in [7, 11) is 1.23. The normalized spacial score (nSPS) is 18.3. The first-order valence-electron chi connectivity index (χ1n) is 10.3. The van der Waals surface area contributed by atoms with Crippen LogP contribution in [0, 0.1) is 0 Å². The lowest BCUT2D eigenvalue weighted by Crippen LogP contribution is -2.44. The number of carbonyl (C=O) groups excluding carboxylic acids is 2. The molecule has 0 aliphatic carbocycles. The molecule has 5 nitrogen and oxygen atoms in total. The van der Waals surface area contributed by atoms with Crippen molar-refractivity contribution < 1.29 is 35.9 Å². The van der Waals surface area contributed by atoms with Crippen molar-refractivity contribution in [1.82, 2.24) is 9.88 Å². The second kappa shape index (κ2) is 8.71. The number of halogens is 6. The average Bonchev–Trinajstić information content (AvgIpc) is 2.80. The van der Waals surface area contributed by atoms with Gasteiger partial charge in [-0.25, -0.2) is 4.98 Å². The van der Waals surface area contributed by atoms with Crippen LogP contribution in [0.1, 0.15) is 44.6 Å². The number of nitrogens with one attached hydrogen (secondary N) is 1. The van der Waals surface area contributed by atoms with E-state index in [4.69, 9.17) is 0 Å². The fraction of sp³-hybridized carbons (Fsp3) is 0.208. The topological polar surface area (TPSA) is 62.3 Å². The van der Waals surface area contributed by atoms with E-state index in [1.54, 1.807) is 18.2 Å². The van der Waals surface area contributed by atoms with E-state index in [-0.39, 0.29) is 23.0 Å². The Morgan fingerprint density at radius 3 is 2.09 bits per heavy atom. The molecule has 0 radical (unpaired) electrons. The molecule has 0 bridgehead atoms. The SMILES string of the molecule is CN1C(=O)c2ccccc2C(C(=O)Nc2ccccn2)C1c1cc(C(F)(F)F)cc(C(F)(F)F)c1. The maximum Gasteiger partial charge on any atom is 0.416 e. The van der Waals surface area contributed by atoms with Gasteiger partial charge in [-0.2, -0.15) is 26.3 Å². The number of fused-ring (bicyclic) bond motifs is 1. The zero-order valence-electron chi connectivity index (χ0n) is 18.0. The van der Waals surface area contributed by atoms with Crippen LogP contribution in [0.5, 0.6) is 0 Å². The molecule has 2 amide bonds. The van der Waals surface area contributed by atoms with Crippen LogP contribution in [0.3, 0.4) is 0 Å². The Morgan fingerprint density at radius 1 is 0.914 bits per heavy atom. The number of pyridine rings is 1. The van der Waals surface area contributed by atoms with Crippen LogP contribution in [-0.2, 0) is 17.1 Å². The fourth-order valence-electron chi connectivity index (χ4n) is 4.16. The number of rotatable bonds is 3. The highest BCUT2D eigenvalue weighted by atomic mass is 19.4. The molecule has 2 aromatic carbocycles. The lowest BCUT2D eigenvalue weighted by atomic mass is 9.78. The molecule has 4 rings (SSSR count). The molecule has 0 fully saturated rings. The Labute approximate surface area is 195 Å². The van der Waals surface area contributed by atoms with Crippen LogP contribution in [0.25, 0.3) is 0 Å². The molecule has 2 heterocycles. The summed E-state index contributed by atoms with van der Waals surface area (Å²) in [4.78, 5) is 31.4. The van der Waals surface area contributed by atoms with Crippen molar-refractivity contribution in [2.24, 2.45) is 0 Å². The Hall–Kier alpha value is -3.89. The van der Waals surface area contributed by atoms with Crippen LogP contribution in [-0.4, -0.2) is 28.7 Å². The van der Waals surface area contributed by atoms with Crippen LogP contribution < -0.4 is 5.32 Å². The number of amides is 2. The molecule has 2 unspecified atom stereocenters. The summed E-state index contributed by atoms with van der Waals surface area (Å²) in [5.74, 6) is -2.57. The van der Waals surface area contributed by atoms with Crippen molar-refractivity contribution in [1.29, 1.82) is 0 Å². The minimum absolute atomic E-state index is 0.00502. The standard InChI is InChI=1S/C24H17F6N3O2/c1-33-20(13-10-14(23(25,26)27)12-15(11-13)24(28,29)30)19(16-6-2-3-7-17(16)22(33)35)21(34)32-18-8-4-5-9-31-18/h2-12,19-20H,1H3,(H,31,32,34). The number of hydrogen-bond acceptors (Lipinski definition) is 3. The third kappa shape index (κ3) is 4.71. The van der Waals surface area contributed by atoms with Crippen LogP contribution >= 0.6 is 0 Å². The average molecular weight is 493 g/mol. The summed E-state index contributed by atoms with van der Waals surface area (Å²) in [6.45, 7) is 0.